The highest BCUT2D eigenvalue weighted by atomic mass is 16.7. The molecular formula is C12H25NO4. The van der Waals surface area contributed by atoms with E-state index in [2.05, 4.69) is 5.32 Å². The molecule has 0 aromatic carbocycles. The maximum atomic E-state index is 11.5. The SMILES string of the molecule is COC(CN[C@H](C)CC(=O)OC(C)(C)C)OC. The molecule has 0 aliphatic carbocycles. The van der Waals surface area contributed by atoms with E-state index in [-0.39, 0.29) is 18.3 Å². The summed E-state index contributed by atoms with van der Waals surface area (Å²) < 4.78 is 15.3. The number of carbonyl (C=O) groups excluding carboxylic acids is 1. The predicted molar refractivity (Wildman–Crippen MR) is 65.7 cm³/mol. The van der Waals surface area contributed by atoms with Crippen molar-refractivity contribution in [2.75, 3.05) is 20.8 Å². The van der Waals surface area contributed by atoms with Crippen molar-refractivity contribution in [2.24, 2.45) is 0 Å². The van der Waals surface area contributed by atoms with Gasteiger partial charge in [0.15, 0.2) is 6.29 Å². The van der Waals surface area contributed by atoms with Gasteiger partial charge in [-0.25, -0.2) is 0 Å². The van der Waals surface area contributed by atoms with Crippen LogP contribution in [0.25, 0.3) is 0 Å². The fourth-order valence-corrected chi connectivity index (χ4v) is 1.27. The van der Waals surface area contributed by atoms with E-state index in [0.29, 0.717) is 13.0 Å². The Morgan fingerprint density at radius 3 is 2.18 bits per heavy atom. The number of rotatable bonds is 7. The topological polar surface area (TPSA) is 56.8 Å². The van der Waals surface area contributed by atoms with Gasteiger partial charge in [0.05, 0.1) is 6.42 Å². The van der Waals surface area contributed by atoms with Crippen LogP contribution in [-0.4, -0.2) is 44.7 Å². The van der Waals surface area contributed by atoms with Crippen molar-refractivity contribution in [3.63, 3.8) is 0 Å². The van der Waals surface area contributed by atoms with Crippen LogP contribution in [0.1, 0.15) is 34.1 Å². The van der Waals surface area contributed by atoms with Gasteiger partial charge in [-0.3, -0.25) is 4.79 Å². The zero-order valence-corrected chi connectivity index (χ0v) is 11.7. The van der Waals surface area contributed by atoms with Crippen LogP contribution in [0.15, 0.2) is 0 Å². The lowest BCUT2D eigenvalue weighted by atomic mass is 10.2. The number of ether oxygens (including phenoxy) is 3. The lowest BCUT2D eigenvalue weighted by molar-refractivity contribution is -0.155. The monoisotopic (exact) mass is 247 g/mol. The molecule has 0 heterocycles. The maximum absolute atomic E-state index is 11.5. The highest BCUT2D eigenvalue weighted by molar-refractivity contribution is 5.70. The zero-order chi connectivity index (χ0) is 13.5. The second-order valence-corrected chi connectivity index (χ2v) is 5.00. The van der Waals surface area contributed by atoms with E-state index in [1.54, 1.807) is 14.2 Å². The molecule has 0 fully saturated rings. The van der Waals surface area contributed by atoms with Gasteiger partial charge in [0.2, 0.25) is 0 Å². The Balaban J connectivity index is 3.86. The molecule has 0 spiro atoms. The molecule has 1 atom stereocenters. The quantitative estimate of drug-likeness (QED) is 0.543. The molecule has 1 N–H and O–H groups in total. The van der Waals surface area contributed by atoms with Crippen LogP contribution < -0.4 is 5.32 Å². The van der Waals surface area contributed by atoms with E-state index in [1.165, 1.54) is 0 Å². The predicted octanol–water partition coefficient (Wildman–Crippen LogP) is 1.32. The first-order valence-corrected chi connectivity index (χ1v) is 5.79. The molecule has 0 aromatic heterocycles. The minimum Gasteiger partial charge on any atom is -0.460 e. The Hall–Kier alpha value is -0.650. The molecule has 5 heteroatoms. The average molecular weight is 247 g/mol. The molecule has 0 amide bonds. The van der Waals surface area contributed by atoms with Gasteiger partial charge >= 0.3 is 5.97 Å². The van der Waals surface area contributed by atoms with Crippen molar-refractivity contribution in [3.8, 4) is 0 Å². The van der Waals surface area contributed by atoms with Crippen LogP contribution in [0, 0.1) is 0 Å². The second kappa shape index (κ2) is 7.63. The van der Waals surface area contributed by atoms with Crippen LogP contribution in [0.5, 0.6) is 0 Å². The van der Waals surface area contributed by atoms with Crippen LogP contribution in [0.4, 0.5) is 0 Å². The molecule has 0 aliphatic rings. The summed E-state index contributed by atoms with van der Waals surface area (Å²) in [4.78, 5) is 11.5. The van der Waals surface area contributed by atoms with Crippen LogP contribution in [-0.2, 0) is 19.0 Å². The lowest BCUT2D eigenvalue weighted by Crippen LogP contribution is -2.37. The highest BCUT2D eigenvalue weighted by Gasteiger charge is 2.18. The standard InChI is InChI=1S/C12H25NO4/c1-9(13-8-11(15-5)16-6)7-10(14)17-12(2,3)4/h9,11,13H,7-8H2,1-6H3/t9-/m1/s1. The van der Waals surface area contributed by atoms with Gasteiger partial charge in [0.1, 0.15) is 5.60 Å². The third kappa shape index (κ3) is 9.09. The minimum absolute atomic E-state index is 0.0256. The van der Waals surface area contributed by atoms with Crippen molar-refractivity contribution in [1.82, 2.24) is 5.32 Å². The third-order valence-electron chi connectivity index (χ3n) is 2.05. The van der Waals surface area contributed by atoms with Crippen molar-refractivity contribution in [2.45, 2.75) is 52.0 Å². The molecule has 0 saturated heterocycles. The molecule has 0 saturated carbocycles. The maximum Gasteiger partial charge on any atom is 0.307 e. The molecule has 0 aliphatic heterocycles. The van der Waals surface area contributed by atoms with E-state index in [0.717, 1.165) is 0 Å². The van der Waals surface area contributed by atoms with E-state index in [4.69, 9.17) is 14.2 Å². The third-order valence-corrected chi connectivity index (χ3v) is 2.05. The number of methoxy groups -OCH3 is 2. The van der Waals surface area contributed by atoms with E-state index >= 15 is 0 Å². The lowest BCUT2D eigenvalue weighted by Gasteiger charge is -2.22. The zero-order valence-electron chi connectivity index (χ0n) is 11.7. The molecule has 17 heavy (non-hydrogen) atoms. The average Bonchev–Trinajstić information content (AvgIpc) is 2.16. The van der Waals surface area contributed by atoms with Crippen LogP contribution >= 0.6 is 0 Å². The fraction of sp³-hybridized carbons (Fsp3) is 0.917. The first kappa shape index (κ1) is 16.4. The number of esters is 1. The van der Waals surface area contributed by atoms with Crippen molar-refractivity contribution < 1.29 is 19.0 Å². The summed E-state index contributed by atoms with van der Waals surface area (Å²) in [6.45, 7) is 8.03. The van der Waals surface area contributed by atoms with Gasteiger partial charge in [-0.2, -0.15) is 0 Å². The second-order valence-electron chi connectivity index (χ2n) is 5.00. The Morgan fingerprint density at radius 1 is 1.24 bits per heavy atom. The number of nitrogens with one attached hydrogen (secondary N) is 1. The van der Waals surface area contributed by atoms with Gasteiger partial charge < -0.3 is 19.5 Å². The van der Waals surface area contributed by atoms with Crippen LogP contribution in [0.3, 0.4) is 0 Å². The van der Waals surface area contributed by atoms with Crippen molar-refractivity contribution >= 4 is 5.97 Å². The molecule has 0 bridgehead atoms. The Bertz CT molecular complexity index is 221. The Morgan fingerprint density at radius 2 is 1.76 bits per heavy atom. The van der Waals surface area contributed by atoms with Crippen molar-refractivity contribution in [1.29, 1.82) is 0 Å². The van der Waals surface area contributed by atoms with E-state index in [9.17, 15) is 4.79 Å². The highest BCUT2D eigenvalue weighted by Crippen LogP contribution is 2.09. The molecule has 102 valence electrons. The Kier molecular flexibility index (Phi) is 7.34. The summed E-state index contributed by atoms with van der Waals surface area (Å²) in [5.74, 6) is -0.205. The molecule has 5 nitrogen and oxygen atoms in total. The summed E-state index contributed by atoms with van der Waals surface area (Å²) in [5.41, 5.74) is -0.432. The van der Waals surface area contributed by atoms with E-state index < -0.39 is 5.60 Å². The summed E-state index contributed by atoms with van der Waals surface area (Å²) >= 11 is 0. The minimum atomic E-state index is -0.432. The van der Waals surface area contributed by atoms with Gasteiger partial charge in [0, 0.05) is 26.8 Å². The van der Waals surface area contributed by atoms with Crippen molar-refractivity contribution in [3.05, 3.63) is 0 Å². The fourth-order valence-electron chi connectivity index (χ4n) is 1.27. The molecular weight excluding hydrogens is 222 g/mol. The number of hydrogen-bond acceptors (Lipinski definition) is 5. The normalized spacial score (nSPS) is 13.8. The van der Waals surface area contributed by atoms with E-state index in [1.807, 2.05) is 27.7 Å². The van der Waals surface area contributed by atoms with Crippen LogP contribution in [0.2, 0.25) is 0 Å². The van der Waals surface area contributed by atoms with Gasteiger partial charge in [-0.1, -0.05) is 0 Å². The Labute approximate surface area is 104 Å². The van der Waals surface area contributed by atoms with Gasteiger partial charge in [0.25, 0.3) is 0 Å². The molecule has 0 aromatic rings. The van der Waals surface area contributed by atoms with Gasteiger partial charge in [-0.15, -0.1) is 0 Å². The number of carbonyl (C=O) groups is 1. The molecule has 0 unspecified atom stereocenters. The van der Waals surface area contributed by atoms with Gasteiger partial charge in [-0.05, 0) is 27.7 Å². The molecule has 0 rings (SSSR count). The first-order valence-electron chi connectivity index (χ1n) is 5.79. The first-order chi connectivity index (χ1) is 7.78. The summed E-state index contributed by atoms with van der Waals surface area (Å²) in [6.07, 6.45) is 0.0355. The number of hydrogen-bond donors (Lipinski definition) is 1. The summed E-state index contributed by atoms with van der Waals surface area (Å²) in [5, 5.41) is 3.15. The smallest absolute Gasteiger partial charge is 0.307 e. The molecule has 0 radical (unpaired) electrons. The summed E-state index contributed by atoms with van der Waals surface area (Å²) in [7, 11) is 3.16. The summed E-state index contributed by atoms with van der Waals surface area (Å²) in [6, 6.07) is 0.0256. The largest absolute Gasteiger partial charge is 0.460 e.